The van der Waals surface area contributed by atoms with Gasteiger partial charge in [0.15, 0.2) is 12.5 Å². The van der Waals surface area contributed by atoms with E-state index in [1.807, 2.05) is 4.72 Å². The molecule has 0 aliphatic carbocycles. The van der Waals surface area contributed by atoms with Crippen molar-refractivity contribution in [2.75, 3.05) is 5.32 Å². The van der Waals surface area contributed by atoms with E-state index < -0.39 is 22.0 Å². The lowest BCUT2D eigenvalue weighted by Gasteiger charge is -2.24. The highest BCUT2D eigenvalue weighted by Gasteiger charge is 2.28. The minimum Gasteiger partial charge on any atom is -0.479 e. The van der Waals surface area contributed by atoms with Gasteiger partial charge in [-0.25, -0.2) is 18.1 Å². The molecule has 3 rings (SSSR count). The molecular formula is C14H13N3O6S. The average Bonchev–Trinajstić information content (AvgIpc) is 3.02. The quantitative estimate of drug-likeness (QED) is 0.838. The number of nitrogens with zero attached hydrogens (tertiary/aromatic N) is 1. The van der Waals surface area contributed by atoms with E-state index in [0.717, 1.165) is 12.6 Å². The molecule has 0 spiro atoms. The molecule has 0 radical (unpaired) electrons. The number of aryl methyl sites for hydroxylation is 1. The number of oxazole rings is 1. The van der Waals surface area contributed by atoms with Crippen LogP contribution in [0, 0.1) is 6.92 Å². The lowest BCUT2D eigenvalue weighted by molar-refractivity contribution is -0.122. The Morgan fingerprint density at radius 2 is 2.12 bits per heavy atom. The molecule has 9 nitrogen and oxygen atoms in total. The summed E-state index contributed by atoms with van der Waals surface area (Å²) in [4.78, 5) is 26.9. The van der Waals surface area contributed by atoms with Gasteiger partial charge in [-0.2, -0.15) is 0 Å². The zero-order chi connectivity index (χ0) is 17.5. The van der Waals surface area contributed by atoms with Gasteiger partial charge in [0.05, 0.1) is 16.8 Å². The van der Waals surface area contributed by atoms with Gasteiger partial charge in [-0.3, -0.25) is 9.59 Å². The largest absolute Gasteiger partial charge is 0.479 e. The van der Waals surface area contributed by atoms with E-state index in [-0.39, 0.29) is 22.3 Å². The highest BCUT2D eigenvalue weighted by molar-refractivity contribution is 7.90. The van der Waals surface area contributed by atoms with Crippen LogP contribution in [0.25, 0.3) is 0 Å². The van der Waals surface area contributed by atoms with E-state index in [9.17, 15) is 18.0 Å². The van der Waals surface area contributed by atoms with Crippen molar-refractivity contribution in [1.82, 2.24) is 9.71 Å². The molecule has 2 heterocycles. The molecule has 126 valence electrons. The monoisotopic (exact) mass is 351 g/mol. The predicted octanol–water partition coefficient (Wildman–Crippen LogP) is 0.821. The number of nitrogens with one attached hydrogen (secondary N) is 2. The van der Waals surface area contributed by atoms with Crippen LogP contribution in [0.4, 0.5) is 5.69 Å². The first-order valence-corrected chi connectivity index (χ1v) is 8.34. The molecule has 1 aromatic heterocycles. The minimum absolute atomic E-state index is 0.141. The van der Waals surface area contributed by atoms with Gasteiger partial charge in [0.1, 0.15) is 5.75 Å². The first kappa shape index (κ1) is 16.0. The maximum absolute atomic E-state index is 12.5. The van der Waals surface area contributed by atoms with E-state index >= 15 is 0 Å². The number of anilines is 1. The Labute approximate surface area is 137 Å². The summed E-state index contributed by atoms with van der Waals surface area (Å²) in [7, 11) is -4.16. The summed E-state index contributed by atoms with van der Waals surface area (Å²) in [6, 6.07) is 2.73. The van der Waals surface area contributed by atoms with Crippen molar-refractivity contribution in [1.29, 1.82) is 0 Å². The number of rotatable bonds is 3. The molecule has 1 aromatic carbocycles. The predicted molar refractivity (Wildman–Crippen MR) is 81.1 cm³/mol. The SMILES string of the molecule is Cc1cc2c(cc1S(=O)(=O)NC(=O)c1cnco1)OC(C)C(=O)N2. The van der Waals surface area contributed by atoms with Crippen LogP contribution in [-0.4, -0.2) is 31.3 Å². The third-order valence-corrected chi connectivity index (χ3v) is 4.85. The smallest absolute Gasteiger partial charge is 0.302 e. The zero-order valence-electron chi connectivity index (χ0n) is 12.7. The van der Waals surface area contributed by atoms with Crippen molar-refractivity contribution in [3.63, 3.8) is 0 Å². The highest BCUT2D eigenvalue weighted by Crippen LogP contribution is 2.34. The molecule has 2 N–H and O–H groups in total. The molecule has 1 aliphatic rings. The lowest BCUT2D eigenvalue weighted by atomic mass is 10.1. The summed E-state index contributed by atoms with van der Waals surface area (Å²) < 4.78 is 37.0. The molecule has 0 saturated heterocycles. The Kier molecular flexibility index (Phi) is 3.76. The number of hydrogen-bond acceptors (Lipinski definition) is 7. The Morgan fingerprint density at radius 3 is 2.79 bits per heavy atom. The van der Waals surface area contributed by atoms with Crippen LogP contribution >= 0.6 is 0 Å². The number of fused-ring (bicyclic) bond motifs is 1. The third kappa shape index (κ3) is 2.83. The summed E-state index contributed by atoms with van der Waals surface area (Å²) in [6.45, 7) is 3.08. The number of carbonyl (C=O) groups excluding carboxylic acids is 2. The molecule has 1 aliphatic heterocycles. The van der Waals surface area contributed by atoms with Crippen LogP contribution in [0.5, 0.6) is 5.75 Å². The van der Waals surface area contributed by atoms with Gasteiger partial charge in [0.25, 0.3) is 15.9 Å². The van der Waals surface area contributed by atoms with Crippen molar-refractivity contribution in [2.45, 2.75) is 24.8 Å². The Hall–Kier alpha value is -2.88. The van der Waals surface area contributed by atoms with Gasteiger partial charge in [0, 0.05) is 6.07 Å². The first-order chi connectivity index (χ1) is 11.3. The summed E-state index contributed by atoms with van der Waals surface area (Å²) in [6.07, 6.45) is 1.37. The van der Waals surface area contributed by atoms with Crippen LogP contribution in [0.1, 0.15) is 23.0 Å². The molecule has 1 unspecified atom stereocenters. The van der Waals surface area contributed by atoms with E-state index in [4.69, 9.17) is 9.15 Å². The van der Waals surface area contributed by atoms with E-state index in [0.29, 0.717) is 11.3 Å². The van der Waals surface area contributed by atoms with Crippen molar-refractivity contribution in [3.05, 3.63) is 36.0 Å². The van der Waals surface area contributed by atoms with Gasteiger partial charge < -0.3 is 14.5 Å². The van der Waals surface area contributed by atoms with Crippen molar-refractivity contribution in [2.24, 2.45) is 0 Å². The first-order valence-electron chi connectivity index (χ1n) is 6.86. The molecule has 10 heteroatoms. The Bertz CT molecular complexity index is 920. The fourth-order valence-electron chi connectivity index (χ4n) is 2.19. The van der Waals surface area contributed by atoms with Crippen molar-refractivity contribution < 1.29 is 27.2 Å². The number of aromatic nitrogens is 1. The van der Waals surface area contributed by atoms with E-state index in [1.165, 1.54) is 26.0 Å². The van der Waals surface area contributed by atoms with Crippen LogP contribution in [-0.2, 0) is 14.8 Å². The Morgan fingerprint density at radius 1 is 1.38 bits per heavy atom. The standard InChI is InChI=1S/C14H13N3O6S/c1-7-3-9-10(23-8(2)13(18)16-9)4-12(7)24(20,21)17-14(19)11-5-15-6-22-11/h3-6,8H,1-2H3,(H,16,18)(H,17,19). The summed E-state index contributed by atoms with van der Waals surface area (Å²) in [5.74, 6) is -1.28. The van der Waals surface area contributed by atoms with Gasteiger partial charge in [0.2, 0.25) is 5.76 Å². The van der Waals surface area contributed by atoms with Gasteiger partial charge in [-0.1, -0.05) is 0 Å². The molecule has 1 atom stereocenters. The fraction of sp³-hybridized carbons (Fsp3) is 0.214. The number of hydrogen-bond donors (Lipinski definition) is 2. The fourth-order valence-corrected chi connectivity index (χ4v) is 3.39. The summed E-state index contributed by atoms with van der Waals surface area (Å²) in [5, 5.41) is 2.62. The van der Waals surface area contributed by atoms with Crippen molar-refractivity contribution in [3.8, 4) is 5.75 Å². The number of benzene rings is 1. The molecule has 24 heavy (non-hydrogen) atoms. The maximum Gasteiger partial charge on any atom is 0.302 e. The van der Waals surface area contributed by atoms with Gasteiger partial charge in [-0.05, 0) is 25.5 Å². The molecule has 2 aromatic rings. The molecule has 0 bridgehead atoms. The molecule has 0 saturated carbocycles. The van der Waals surface area contributed by atoms with Crippen LogP contribution in [0.3, 0.4) is 0 Å². The Balaban J connectivity index is 1.95. The highest BCUT2D eigenvalue weighted by atomic mass is 32.2. The number of sulfonamides is 1. The number of amides is 2. The zero-order valence-corrected chi connectivity index (χ0v) is 13.5. The van der Waals surface area contributed by atoms with E-state index in [2.05, 4.69) is 10.3 Å². The molecule has 0 fully saturated rings. The third-order valence-electron chi connectivity index (χ3n) is 3.38. The van der Waals surface area contributed by atoms with Crippen LogP contribution in [0.2, 0.25) is 0 Å². The van der Waals surface area contributed by atoms with Crippen molar-refractivity contribution >= 4 is 27.5 Å². The number of carbonyl (C=O) groups is 2. The normalized spacial score (nSPS) is 16.8. The lowest BCUT2D eigenvalue weighted by Crippen LogP contribution is -2.35. The molecular weight excluding hydrogens is 338 g/mol. The number of ether oxygens (including phenoxy) is 1. The second kappa shape index (κ2) is 5.64. The van der Waals surface area contributed by atoms with Gasteiger partial charge >= 0.3 is 5.91 Å². The molecule has 2 amide bonds. The topological polar surface area (TPSA) is 128 Å². The van der Waals surface area contributed by atoms with Crippen LogP contribution < -0.4 is 14.8 Å². The average molecular weight is 351 g/mol. The summed E-state index contributed by atoms with van der Waals surface area (Å²) in [5.41, 5.74) is 0.709. The second-order valence-corrected chi connectivity index (χ2v) is 6.81. The summed E-state index contributed by atoms with van der Waals surface area (Å²) >= 11 is 0. The van der Waals surface area contributed by atoms with E-state index in [1.54, 1.807) is 0 Å². The second-order valence-electron chi connectivity index (χ2n) is 5.16. The maximum atomic E-state index is 12.5. The minimum atomic E-state index is -4.16. The van der Waals surface area contributed by atoms with Crippen LogP contribution in [0.15, 0.2) is 34.0 Å². The van der Waals surface area contributed by atoms with Gasteiger partial charge in [-0.15, -0.1) is 0 Å².